The normalized spacial score (nSPS) is 12.8. The van der Waals surface area contributed by atoms with Gasteiger partial charge in [0.05, 0.1) is 13.2 Å². The molecule has 0 aromatic heterocycles. The van der Waals surface area contributed by atoms with E-state index in [0.29, 0.717) is 24.7 Å². The Labute approximate surface area is 203 Å². The molecule has 0 atom stereocenters. The number of guanidine groups is 1. The predicted octanol–water partition coefficient (Wildman–Crippen LogP) is 3.56. The molecular formula is C22H27F2IN4O3. The van der Waals surface area contributed by atoms with E-state index in [2.05, 4.69) is 20.4 Å². The maximum Gasteiger partial charge on any atom is 0.387 e. The highest BCUT2D eigenvalue weighted by molar-refractivity contribution is 14.0. The third kappa shape index (κ3) is 6.44. The van der Waals surface area contributed by atoms with E-state index in [0.717, 1.165) is 17.7 Å². The van der Waals surface area contributed by atoms with Crippen LogP contribution in [0.15, 0.2) is 47.5 Å². The van der Waals surface area contributed by atoms with E-state index >= 15 is 0 Å². The molecule has 1 aliphatic rings. The average Bonchev–Trinajstić information content (AvgIpc) is 3.19. The third-order valence-corrected chi connectivity index (χ3v) is 4.83. The first kappa shape index (κ1) is 25.6. The van der Waals surface area contributed by atoms with Crippen molar-refractivity contribution in [2.24, 2.45) is 4.99 Å². The van der Waals surface area contributed by atoms with E-state index in [1.54, 1.807) is 37.1 Å². The second kappa shape index (κ2) is 12.4. The second-order valence-corrected chi connectivity index (χ2v) is 6.76. The van der Waals surface area contributed by atoms with Gasteiger partial charge in [-0.1, -0.05) is 30.3 Å². The van der Waals surface area contributed by atoms with Crippen LogP contribution < -0.4 is 25.0 Å². The summed E-state index contributed by atoms with van der Waals surface area (Å²) in [5.41, 5.74) is 2.56. The Morgan fingerprint density at radius 3 is 2.69 bits per heavy atom. The summed E-state index contributed by atoms with van der Waals surface area (Å²) in [5, 5.41) is 6.00. The van der Waals surface area contributed by atoms with Gasteiger partial charge in [0.2, 0.25) is 5.91 Å². The molecule has 2 N–H and O–H groups in total. The summed E-state index contributed by atoms with van der Waals surface area (Å²) < 4.78 is 35.8. The molecule has 3 rings (SSSR count). The lowest BCUT2D eigenvalue weighted by Gasteiger charge is -2.19. The van der Waals surface area contributed by atoms with Crippen molar-refractivity contribution in [1.82, 2.24) is 10.6 Å². The molecule has 0 radical (unpaired) electrons. The van der Waals surface area contributed by atoms with Crippen molar-refractivity contribution < 1.29 is 23.0 Å². The Morgan fingerprint density at radius 2 is 1.97 bits per heavy atom. The molecule has 0 aliphatic carbocycles. The number of para-hydroxylation sites is 2. The monoisotopic (exact) mass is 560 g/mol. The zero-order valence-corrected chi connectivity index (χ0v) is 20.3. The van der Waals surface area contributed by atoms with Crippen LogP contribution >= 0.6 is 24.0 Å². The van der Waals surface area contributed by atoms with Crippen LogP contribution in [0.2, 0.25) is 0 Å². The highest BCUT2D eigenvalue weighted by atomic mass is 127. The fraction of sp³-hybridized carbons (Fsp3) is 0.364. The SMILES string of the molecule is CCOc1cccc(CNC(=NC)NCC(=O)N2CCc3ccccc32)c1OC(F)F.I. The quantitative estimate of drug-likeness (QED) is 0.294. The predicted molar refractivity (Wildman–Crippen MR) is 130 cm³/mol. The molecule has 0 fully saturated rings. The van der Waals surface area contributed by atoms with Gasteiger partial charge in [-0.25, -0.2) is 0 Å². The van der Waals surface area contributed by atoms with Crippen molar-refractivity contribution in [2.45, 2.75) is 26.5 Å². The number of rotatable bonds is 8. The van der Waals surface area contributed by atoms with E-state index in [-0.39, 0.29) is 54.5 Å². The van der Waals surface area contributed by atoms with E-state index < -0.39 is 6.61 Å². The number of anilines is 1. The van der Waals surface area contributed by atoms with E-state index in [1.165, 1.54) is 0 Å². The number of amides is 1. The fourth-order valence-corrected chi connectivity index (χ4v) is 3.44. The highest BCUT2D eigenvalue weighted by Crippen LogP contribution is 2.32. The number of carbonyl (C=O) groups is 1. The molecule has 0 unspecified atom stereocenters. The summed E-state index contributed by atoms with van der Waals surface area (Å²) in [6.45, 7) is -0.0416. The molecule has 174 valence electrons. The zero-order valence-electron chi connectivity index (χ0n) is 17.9. The van der Waals surface area contributed by atoms with Gasteiger partial charge in [0.15, 0.2) is 17.5 Å². The van der Waals surface area contributed by atoms with E-state index in [9.17, 15) is 13.6 Å². The number of hydrogen-bond acceptors (Lipinski definition) is 4. The second-order valence-electron chi connectivity index (χ2n) is 6.76. The smallest absolute Gasteiger partial charge is 0.387 e. The molecule has 0 saturated heterocycles. The number of fused-ring (bicyclic) bond motifs is 1. The third-order valence-electron chi connectivity index (χ3n) is 4.83. The summed E-state index contributed by atoms with van der Waals surface area (Å²) in [7, 11) is 1.57. The van der Waals surface area contributed by atoms with E-state index in [1.807, 2.05) is 24.3 Å². The zero-order chi connectivity index (χ0) is 22.2. The van der Waals surface area contributed by atoms with Crippen LogP contribution in [0.4, 0.5) is 14.5 Å². The Kier molecular flexibility index (Phi) is 9.95. The maximum absolute atomic E-state index is 12.9. The number of hydrogen-bond donors (Lipinski definition) is 2. The number of halogens is 3. The summed E-state index contributed by atoms with van der Waals surface area (Å²) in [4.78, 5) is 18.5. The molecule has 0 bridgehead atoms. The van der Waals surface area contributed by atoms with Gasteiger partial charge in [-0.3, -0.25) is 9.79 Å². The average molecular weight is 560 g/mol. The Bertz CT molecular complexity index is 943. The van der Waals surface area contributed by atoms with Crippen molar-refractivity contribution >= 4 is 41.5 Å². The van der Waals surface area contributed by atoms with Crippen LogP contribution in [0.5, 0.6) is 11.5 Å². The first-order valence-electron chi connectivity index (χ1n) is 10.1. The molecule has 1 aliphatic heterocycles. The minimum atomic E-state index is -2.97. The Hall–Kier alpha value is -2.63. The number of benzene rings is 2. The highest BCUT2D eigenvalue weighted by Gasteiger charge is 2.24. The van der Waals surface area contributed by atoms with Crippen LogP contribution in [-0.4, -0.2) is 45.2 Å². The minimum Gasteiger partial charge on any atom is -0.490 e. The van der Waals surface area contributed by atoms with Crippen molar-refractivity contribution in [3.8, 4) is 11.5 Å². The topological polar surface area (TPSA) is 75.2 Å². The number of alkyl halides is 2. The van der Waals surface area contributed by atoms with Gasteiger partial charge in [-0.15, -0.1) is 24.0 Å². The van der Waals surface area contributed by atoms with Gasteiger partial charge < -0.3 is 25.0 Å². The van der Waals surface area contributed by atoms with Crippen molar-refractivity contribution in [1.29, 1.82) is 0 Å². The van der Waals surface area contributed by atoms with Crippen LogP contribution in [0.25, 0.3) is 0 Å². The van der Waals surface area contributed by atoms with Crippen molar-refractivity contribution in [3.05, 3.63) is 53.6 Å². The Balaban J connectivity index is 0.00000363. The molecule has 10 heteroatoms. The van der Waals surface area contributed by atoms with Crippen LogP contribution in [0.1, 0.15) is 18.1 Å². The van der Waals surface area contributed by atoms with Gasteiger partial charge in [0, 0.05) is 31.4 Å². The molecule has 1 heterocycles. The van der Waals surface area contributed by atoms with E-state index in [4.69, 9.17) is 4.74 Å². The summed E-state index contributed by atoms with van der Waals surface area (Å²) in [6, 6.07) is 12.8. The van der Waals surface area contributed by atoms with Crippen LogP contribution in [0.3, 0.4) is 0 Å². The standard InChI is InChI=1S/C22H26F2N4O3.HI/c1-3-30-18-10-6-8-16(20(18)31-21(23)24)13-26-22(25-2)27-14-19(29)28-12-11-15-7-4-5-9-17(15)28;/h4-10,21H,3,11-14H2,1-2H3,(H2,25,26,27);1H. The maximum atomic E-state index is 12.9. The minimum absolute atomic E-state index is 0. The molecule has 1 amide bonds. The van der Waals surface area contributed by atoms with Crippen molar-refractivity contribution in [2.75, 3.05) is 31.6 Å². The molecule has 0 spiro atoms. The van der Waals surface area contributed by atoms with Gasteiger partial charge in [-0.2, -0.15) is 8.78 Å². The Morgan fingerprint density at radius 1 is 1.19 bits per heavy atom. The number of ether oxygens (including phenoxy) is 2. The molecule has 7 nitrogen and oxygen atoms in total. The molecule has 2 aromatic rings. The lowest BCUT2D eigenvalue weighted by atomic mass is 10.2. The van der Waals surface area contributed by atoms with Crippen LogP contribution in [0, 0.1) is 0 Å². The fourth-order valence-electron chi connectivity index (χ4n) is 3.44. The van der Waals surface area contributed by atoms with Gasteiger partial charge in [0.1, 0.15) is 0 Å². The van der Waals surface area contributed by atoms with Gasteiger partial charge >= 0.3 is 6.61 Å². The number of nitrogens with zero attached hydrogens (tertiary/aromatic N) is 2. The lowest BCUT2D eigenvalue weighted by Crippen LogP contribution is -2.44. The first-order chi connectivity index (χ1) is 15.0. The van der Waals surface area contributed by atoms with Gasteiger partial charge in [-0.05, 0) is 31.0 Å². The number of aliphatic imine (C=N–C) groups is 1. The summed E-state index contributed by atoms with van der Waals surface area (Å²) >= 11 is 0. The number of nitrogens with one attached hydrogen (secondary N) is 2. The van der Waals surface area contributed by atoms with Crippen molar-refractivity contribution in [3.63, 3.8) is 0 Å². The van der Waals surface area contributed by atoms with Gasteiger partial charge in [0.25, 0.3) is 0 Å². The molecule has 0 saturated carbocycles. The number of carbonyl (C=O) groups excluding carboxylic acids is 1. The lowest BCUT2D eigenvalue weighted by molar-refractivity contribution is -0.117. The summed E-state index contributed by atoms with van der Waals surface area (Å²) in [5.74, 6) is 0.513. The molecule has 32 heavy (non-hydrogen) atoms. The molecular weight excluding hydrogens is 533 g/mol. The summed E-state index contributed by atoms with van der Waals surface area (Å²) in [6.07, 6.45) is 0.831. The first-order valence-corrected chi connectivity index (χ1v) is 10.1. The largest absolute Gasteiger partial charge is 0.490 e. The van der Waals surface area contributed by atoms with Crippen LogP contribution in [-0.2, 0) is 17.8 Å². The molecule has 2 aromatic carbocycles.